The number of piperidine rings is 1. The number of hydrogen-bond donors (Lipinski definition) is 1. The monoisotopic (exact) mass is 516 g/mol. The highest BCUT2D eigenvalue weighted by Gasteiger charge is 2.28. The Kier molecular flexibility index (Phi) is 9.12. The lowest BCUT2D eigenvalue weighted by molar-refractivity contribution is -0.384. The normalized spacial score (nSPS) is 18.2. The van der Waals surface area contributed by atoms with Crippen LogP contribution in [0, 0.1) is 16.0 Å². The van der Waals surface area contributed by atoms with E-state index in [0.717, 1.165) is 50.3 Å². The van der Waals surface area contributed by atoms with Gasteiger partial charge in [0.05, 0.1) is 24.5 Å². The molecule has 1 aliphatic heterocycles. The van der Waals surface area contributed by atoms with E-state index in [1.54, 1.807) is 12.1 Å². The maximum Gasteiger partial charge on any atom is 0.308 e. The number of non-ortho nitro benzene ring substituents is 1. The van der Waals surface area contributed by atoms with Gasteiger partial charge in [-0.05, 0) is 31.2 Å². The van der Waals surface area contributed by atoms with Gasteiger partial charge < -0.3 is 15.0 Å². The van der Waals surface area contributed by atoms with Crippen LogP contribution in [0.3, 0.4) is 0 Å². The third-order valence-electron chi connectivity index (χ3n) is 5.58. The molecule has 1 heterocycles. The maximum atomic E-state index is 11.8. The Hall–Kier alpha value is -1.91. The number of methoxy groups -OCH3 is 1. The molecule has 2 fully saturated rings. The lowest BCUT2D eigenvalue weighted by atomic mass is 9.97. The van der Waals surface area contributed by atoms with E-state index in [4.69, 9.17) is 9.73 Å². The SMILES string of the molecule is COC(=O)C1CCN(C(=NCc2ccc([N+](=O)[O-])cc2)NC2CCCC2)CC1.I. The van der Waals surface area contributed by atoms with Crippen molar-refractivity contribution >= 4 is 41.6 Å². The smallest absolute Gasteiger partial charge is 0.308 e. The van der Waals surface area contributed by atoms with E-state index in [2.05, 4.69) is 10.2 Å². The van der Waals surface area contributed by atoms with Crippen LogP contribution in [0.2, 0.25) is 0 Å². The lowest BCUT2D eigenvalue weighted by Gasteiger charge is -2.34. The molecule has 160 valence electrons. The fourth-order valence-corrected chi connectivity index (χ4v) is 3.87. The van der Waals surface area contributed by atoms with Gasteiger partial charge in [0.25, 0.3) is 5.69 Å². The van der Waals surface area contributed by atoms with E-state index in [1.807, 2.05) is 0 Å². The molecule has 0 bridgehead atoms. The molecular weight excluding hydrogens is 487 g/mol. The second-order valence-corrected chi connectivity index (χ2v) is 7.47. The van der Waals surface area contributed by atoms with E-state index in [9.17, 15) is 14.9 Å². The summed E-state index contributed by atoms with van der Waals surface area (Å²) in [5.74, 6) is 0.699. The highest BCUT2D eigenvalue weighted by Crippen LogP contribution is 2.21. The summed E-state index contributed by atoms with van der Waals surface area (Å²) in [6, 6.07) is 6.96. The number of likely N-dealkylation sites (tertiary alicyclic amines) is 1. The minimum Gasteiger partial charge on any atom is -0.469 e. The number of carbonyl (C=O) groups is 1. The molecule has 8 nitrogen and oxygen atoms in total. The lowest BCUT2D eigenvalue weighted by Crippen LogP contribution is -2.49. The number of nitrogens with zero attached hydrogens (tertiary/aromatic N) is 3. The number of nitro benzene ring substituents is 1. The molecule has 1 aromatic carbocycles. The third-order valence-corrected chi connectivity index (χ3v) is 5.58. The molecule has 29 heavy (non-hydrogen) atoms. The van der Waals surface area contributed by atoms with Crippen LogP contribution >= 0.6 is 24.0 Å². The molecule has 0 atom stereocenters. The minimum atomic E-state index is -0.397. The molecule has 9 heteroatoms. The van der Waals surface area contributed by atoms with Crippen molar-refractivity contribution in [3.63, 3.8) is 0 Å². The predicted molar refractivity (Wildman–Crippen MR) is 121 cm³/mol. The molecule has 0 aromatic heterocycles. The van der Waals surface area contributed by atoms with E-state index >= 15 is 0 Å². The van der Waals surface area contributed by atoms with Gasteiger partial charge in [0.2, 0.25) is 0 Å². The van der Waals surface area contributed by atoms with Crippen molar-refractivity contribution in [1.82, 2.24) is 10.2 Å². The highest BCUT2D eigenvalue weighted by atomic mass is 127. The van der Waals surface area contributed by atoms with E-state index in [-0.39, 0.29) is 41.6 Å². The number of esters is 1. The fourth-order valence-electron chi connectivity index (χ4n) is 3.87. The zero-order valence-electron chi connectivity index (χ0n) is 16.7. The number of carbonyl (C=O) groups excluding carboxylic acids is 1. The molecule has 0 amide bonds. The van der Waals surface area contributed by atoms with Crippen molar-refractivity contribution in [2.75, 3.05) is 20.2 Å². The number of halogens is 1. The largest absolute Gasteiger partial charge is 0.469 e. The van der Waals surface area contributed by atoms with E-state index < -0.39 is 4.92 Å². The molecule has 0 radical (unpaired) electrons. The van der Waals surface area contributed by atoms with Crippen LogP contribution in [0.25, 0.3) is 0 Å². The Bertz CT molecular complexity index is 712. The number of rotatable bonds is 5. The summed E-state index contributed by atoms with van der Waals surface area (Å²) in [5.41, 5.74) is 1.02. The molecule has 1 N–H and O–H groups in total. The summed E-state index contributed by atoms with van der Waals surface area (Å²) in [6.45, 7) is 1.99. The Labute approximate surface area is 188 Å². The number of nitro groups is 1. The van der Waals surface area contributed by atoms with Gasteiger partial charge in [-0.3, -0.25) is 14.9 Å². The average molecular weight is 516 g/mol. The maximum absolute atomic E-state index is 11.8. The van der Waals surface area contributed by atoms with Gasteiger partial charge in [0.1, 0.15) is 0 Å². The van der Waals surface area contributed by atoms with Gasteiger partial charge in [0, 0.05) is 31.3 Å². The first-order valence-electron chi connectivity index (χ1n) is 9.94. The molecule has 0 spiro atoms. The van der Waals surface area contributed by atoms with Gasteiger partial charge in [-0.25, -0.2) is 4.99 Å². The summed E-state index contributed by atoms with van der Waals surface area (Å²) < 4.78 is 4.87. The van der Waals surface area contributed by atoms with Crippen molar-refractivity contribution in [3.05, 3.63) is 39.9 Å². The van der Waals surface area contributed by atoms with Crippen LogP contribution in [-0.4, -0.2) is 48.0 Å². The molecule has 3 rings (SSSR count). The fraction of sp³-hybridized carbons (Fsp3) is 0.600. The summed E-state index contributed by atoms with van der Waals surface area (Å²) in [4.78, 5) is 29.2. The molecule has 0 unspecified atom stereocenters. The molecule has 2 aliphatic rings. The standard InChI is InChI=1S/C20H28N4O4.HI/c1-28-19(25)16-10-12-23(13-11-16)20(22-17-4-2-3-5-17)21-14-15-6-8-18(9-7-15)24(26)27;/h6-9,16-17H,2-5,10-14H2,1H3,(H,21,22);1H. The number of benzene rings is 1. The third kappa shape index (κ3) is 6.55. The van der Waals surface area contributed by atoms with Crippen molar-refractivity contribution in [2.24, 2.45) is 10.9 Å². The van der Waals surface area contributed by atoms with Crippen LogP contribution in [-0.2, 0) is 16.1 Å². The Morgan fingerprint density at radius 3 is 2.38 bits per heavy atom. The first-order chi connectivity index (χ1) is 13.6. The van der Waals surface area contributed by atoms with Crippen molar-refractivity contribution in [2.45, 2.75) is 51.1 Å². The van der Waals surface area contributed by atoms with Crippen LogP contribution < -0.4 is 5.32 Å². The highest BCUT2D eigenvalue weighted by molar-refractivity contribution is 14.0. The van der Waals surface area contributed by atoms with Crippen molar-refractivity contribution < 1.29 is 14.5 Å². The molecule has 1 saturated carbocycles. The van der Waals surface area contributed by atoms with Crippen LogP contribution in [0.4, 0.5) is 5.69 Å². The number of hydrogen-bond acceptors (Lipinski definition) is 5. The quantitative estimate of drug-likeness (QED) is 0.161. The summed E-state index contributed by atoms with van der Waals surface area (Å²) in [6.07, 6.45) is 6.28. The van der Waals surface area contributed by atoms with Gasteiger partial charge in [-0.2, -0.15) is 0 Å². The number of ether oxygens (including phenoxy) is 1. The van der Waals surface area contributed by atoms with Crippen LogP contribution in [0.15, 0.2) is 29.3 Å². The predicted octanol–water partition coefficient (Wildman–Crippen LogP) is 3.49. The number of guanidine groups is 1. The Morgan fingerprint density at radius 2 is 1.83 bits per heavy atom. The number of nitrogens with one attached hydrogen (secondary N) is 1. The molecule has 1 saturated heterocycles. The molecular formula is C20H29IN4O4. The summed E-state index contributed by atoms with van der Waals surface area (Å²) >= 11 is 0. The van der Waals surface area contributed by atoms with Crippen LogP contribution in [0.5, 0.6) is 0 Å². The van der Waals surface area contributed by atoms with E-state index in [1.165, 1.54) is 32.1 Å². The summed E-state index contributed by atoms with van der Waals surface area (Å²) in [5, 5.41) is 14.4. The topological polar surface area (TPSA) is 97.1 Å². The molecule has 1 aromatic rings. The second kappa shape index (κ2) is 11.3. The second-order valence-electron chi connectivity index (χ2n) is 7.47. The molecule has 1 aliphatic carbocycles. The van der Waals surface area contributed by atoms with Gasteiger partial charge >= 0.3 is 5.97 Å². The zero-order valence-corrected chi connectivity index (χ0v) is 19.0. The van der Waals surface area contributed by atoms with Gasteiger partial charge in [0.15, 0.2) is 5.96 Å². The Morgan fingerprint density at radius 1 is 1.21 bits per heavy atom. The first-order valence-corrected chi connectivity index (χ1v) is 9.94. The summed E-state index contributed by atoms with van der Waals surface area (Å²) in [7, 11) is 1.44. The number of aliphatic imine (C=N–C) groups is 1. The van der Waals surface area contributed by atoms with E-state index in [0.29, 0.717) is 12.6 Å². The first kappa shape index (κ1) is 23.4. The minimum absolute atomic E-state index is 0. The van der Waals surface area contributed by atoms with Crippen molar-refractivity contribution in [1.29, 1.82) is 0 Å². The van der Waals surface area contributed by atoms with Gasteiger partial charge in [-0.1, -0.05) is 25.0 Å². The van der Waals surface area contributed by atoms with Crippen LogP contribution in [0.1, 0.15) is 44.1 Å². The van der Waals surface area contributed by atoms with Gasteiger partial charge in [-0.15, -0.1) is 24.0 Å². The zero-order chi connectivity index (χ0) is 19.9. The average Bonchev–Trinajstić information content (AvgIpc) is 3.24. The Balaban J connectivity index is 0.00000300. The van der Waals surface area contributed by atoms with Crippen molar-refractivity contribution in [3.8, 4) is 0 Å².